The first-order chi connectivity index (χ1) is 13.7. The van der Waals surface area contributed by atoms with Crippen LogP contribution in [-0.4, -0.2) is 25.5 Å². The maximum Gasteiger partial charge on any atom is 0.417 e. The molecular weight excluding hydrogens is 405 g/mol. The van der Waals surface area contributed by atoms with Crippen LogP contribution in [-0.2, 0) is 16.2 Å². The lowest BCUT2D eigenvalue weighted by Gasteiger charge is -2.28. The lowest BCUT2D eigenvalue weighted by molar-refractivity contribution is -0.137. The average Bonchev–Trinajstić information content (AvgIpc) is 2.68. The predicted octanol–water partition coefficient (Wildman–Crippen LogP) is 4.38. The van der Waals surface area contributed by atoms with Crippen molar-refractivity contribution in [3.05, 3.63) is 65.2 Å². The van der Waals surface area contributed by atoms with Gasteiger partial charge in [-0.05, 0) is 43.4 Å². The fraction of sp³-hybridized carbons (Fsp3) is 0.350. The predicted molar refractivity (Wildman–Crippen MR) is 103 cm³/mol. The average molecular weight is 426 g/mol. The van der Waals surface area contributed by atoms with Crippen LogP contribution in [0.1, 0.15) is 36.8 Å². The fourth-order valence-corrected chi connectivity index (χ4v) is 4.21. The molecule has 1 heterocycles. The van der Waals surface area contributed by atoms with Gasteiger partial charge in [-0.25, -0.2) is 18.1 Å². The van der Waals surface area contributed by atoms with Gasteiger partial charge in [0.15, 0.2) is 0 Å². The molecule has 9 heteroatoms. The summed E-state index contributed by atoms with van der Waals surface area (Å²) in [5.41, 5.74) is -0.0365. The van der Waals surface area contributed by atoms with Crippen molar-refractivity contribution in [1.29, 1.82) is 0 Å². The van der Waals surface area contributed by atoms with E-state index in [9.17, 15) is 21.6 Å². The molecule has 0 atom stereocenters. The minimum atomic E-state index is -4.43. The minimum Gasteiger partial charge on any atom is -0.474 e. The quantitative estimate of drug-likeness (QED) is 0.744. The zero-order chi connectivity index (χ0) is 20.9. The number of hydrogen-bond donors (Lipinski definition) is 1. The second-order valence-electron chi connectivity index (χ2n) is 6.85. The molecule has 3 rings (SSSR count). The zero-order valence-corrected chi connectivity index (χ0v) is 16.3. The standard InChI is InChI=1S/C20H21F3N2O3S/c21-20(22,23)16-6-11-19(24-14-16)28-18-9-7-17(8-10-18)25-29(26,27)13-12-15-4-2-1-3-5-15/h1-6,11-14,17-18,25H,7-10H2/b13-12+. The Morgan fingerprint density at radius 3 is 2.31 bits per heavy atom. The van der Waals surface area contributed by atoms with Crippen LogP contribution in [0.15, 0.2) is 54.1 Å². The van der Waals surface area contributed by atoms with E-state index < -0.39 is 21.8 Å². The number of aromatic nitrogens is 1. The van der Waals surface area contributed by atoms with Gasteiger partial charge in [-0.15, -0.1) is 0 Å². The summed E-state index contributed by atoms with van der Waals surface area (Å²) in [5.74, 6) is 0.132. The number of alkyl halides is 3. The summed E-state index contributed by atoms with van der Waals surface area (Å²) in [7, 11) is -3.56. The van der Waals surface area contributed by atoms with Gasteiger partial charge in [0.25, 0.3) is 0 Å². The smallest absolute Gasteiger partial charge is 0.417 e. The maximum atomic E-state index is 12.6. The van der Waals surface area contributed by atoms with Crippen molar-refractivity contribution in [3.8, 4) is 5.88 Å². The second-order valence-corrected chi connectivity index (χ2v) is 8.45. The van der Waals surface area contributed by atoms with E-state index in [2.05, 4.69) is 9.71 Å². The molecule has 0 saturated heterocycles. The number of halogens is 3. The number of hydrogen-bond acceptors (Lipinski definition) is 4. The zero-order valence-electron chi connectivity index (χ0n) is 15.5. The molecule has 1 fully saturated rings. The summed E-state index contributed by atoms with van der Waals surface area (Å²) in [5, 5.41) is 1.15. The van der Waals surface area contributed by atoms with E-state index in [4.69, 9.17) is 4.74 Å². The summed E-state index contributed by atoms with van der Waals surface area (Å²) < 4.78 is 70.5. The molecule has 1 aromatic carbocycles. The third kappa shape index (κ3) is 6.57. The molecule has 156 valence electrons. The lowest BCUT2D eigenvalue weighted by atomic mass is 9.94. The van der Waals surface area contributed by atoms with Crippen molar-refractivity contribution in [2.75, 3.05) is 0 Å². The van der Waals surface area contributed by atoms with E-state index in [1.165, 1.54) is 12.1 Å². The third-order valence-corrected chi connectivity index (χ3v) is 5.75. The number of benzene rings is 1. The Hall–Kier alpha value is -2.39. The molecule has 1 aromatic heterocycles. The van der Waals surface area contributed by atoms with Crippen molar-refractivity contribution in [1.82, 2.24) is 9.71 Å². The number of rotatable bonds is 6. The Labute approximate surface area is 167 Å². The van der Waals surface area contributed by atoms with Gasteiger partial charge in [-0.3, -0.25) is 0 Å². The van der Waals surface area contributed by atoms with Gasteiger partial charge >= 0.3 is 6.18 Å². The van der Waals surface area contributed by atoms with Crippen molar-refractivity contribution >= 4 is 16.1 Å². The van der Waals surface area contributed by atoms with Gasteiger partial charge in [0.05, 0.1) is 5.56 Å². The van der Waals surface area contributed by atoms with Gasteiger partial charge in [-0.1, -0.05) is 30.3 Å². The molecule has 0 aliphatic heterocycles. The molecule has 0 amide bonds. The van der Waals surface area contributed by atoms with Gasteiger partial charge < -0.3 is 4.74 Å². The van der Waals surface area contributed by atoms with Gasteiger partial charge in [0, 0.05) is 23.7 Å². The monoisotopic (exact) mass is 426 g/mol. The molecule has 0 unspecified atom stereocenters. The highest BCUT2D eigenvalue weighted by molar-refractivity contribution is 7.92. The van der Waals surface area contributed by atoms with Crippen LogP contribution in [0.25, 0.3) is 6.08 Å². The molecule has 2 aromatic rings. The van der Waals surface area contributed by atoms with Crippen molar-refractivity contribution in [2.24, 2.45) is 0 Å². The summed E-state index contributed by atoms with van der Waals surface area (Å²) in [6.45, 7) is 0. The van der Waals surface area contributed by atoms with Crippen LogP contribution >= 0.6 is 0 Å². The van der Waals surface area contributed by atoms with E-state index in [0.29, 0.717) is 25.7 Å². The van der Waals surface area contributed by atoms with Crippen molar-refractivity contribution in [3.63, 3.8) is 0 Å². The van der Waals surface area contributed by atoms with Crippen LogP contribution in [0, 0.1) is 0 Å². The topological polar surface area (TPSA) is 68.3 Å². The molecule has 29 heavy (non-hydrogen) atoms. The molecular formula is C20H21F3N2O3S. The van der Waals surface area contributed by atoms with Crippen LogP contribution < -0.4 is 9.46 Å². The Balaban J connectivity index is 1.48. The number of nitrogens with one attached hydrogen (secondary N) is 1. The number of nitrogens with zero attached hydrogens (tertiary/aromatic N) is 1. The van der Waals surface area contributed by atoms with Crippen LogP contribution in [0.4, 0.5) is 13.2 Å². The maximum absolute atomic E-state index is 12.6. The Morgan fingerprint density at radius 2 is 1.72 bits per heavy atom. The van der Waals surface area contributed by atoms with E-state index in [1.54, 1.807) is 0 Å². The Bertz CT molecular complexity index is 922. The highest BCUT2D eigenvalue weighted by Gasteiger charge is 2.31. The summed E-state index contributed by atoms with van der Waals surface area (Å²) in [4.78, 5) is 3.71. The number of sulfonamides is 1. The molecule has 0 radical (unpaired) electrons. The van der Waals surface area contributed by atoms with E-state index >= 15 is 0 Å². The number of ether oxygens (including phenoxy) is 1. The van der Waals surface area contributed by atoms with Gasteiger partial charge in [-0.2, -0.15) is 13.2 Å². The third-order valence-electron chi connectivity index (χ3n) is 4.60. The van der Waals surface area contributed by atoms with Gasteiger partial charge in [0.2, 0.25) is 15.9 Å². The number of pyridine rings is 1. The Kier molecular flexibility index (Phi) is 6.59. The normalized spacial score (nSPS) is 20.7. The molecule has 1 aliphatic rings. The van der Waals surface area contributed by atoms with E-state index in [-0.39, 0.29) is 18.0 Å². The first-order valence-electron chi connectivity index (χ1n) is 9.17. The van der Waals surface area contributed by atoms with Gasteiger partial charge in [0.1, 0.15) is 6.10 Å². The SMILES string of the molecule is O=S(=O)(/C=C/c1ccccc1)NC1CCC(Oc2ccc(C(F)(F)F)cn2)CC1. The van der Waals surface area contributed by atoms with E-state index in [1.807, 2.05) is 30.3 Å². The highest BCUT2D eigenvalue weighted by atomic mass is 32.2. The van der Waals surface area contributed by atoms with Crippen LogP contribution in [0.2, 0.25) is 0 Å². The summed E-state index contributed by atoms with van der Waals surface area (Å²) >= 11 is 0. The van der Waals surface area contributed by atoms with Crippen molar-refractivity contribution < 1.29 is 26.3 Å². The first-order valence-corrected chi connectivity index (χ1v) is 10.7. The Morgan fingerprint density at radius 1 is 1.03 bits per heavy atom. The second kappa shape index (κ2) is 8.96. The minimum absolute atomic E-state index is 0.132. The first kappa shape index (κ1) is 21.3. The summed E-state index contributed by atoms with van der Waals surface area (Å²) in [6, 6.07) is 11.0. The summed E-state index contributed by atoms with van der Waals surface area (Å²) in [6.07, 6.45) is -0.0545. The van der Waals surface area contributed by atoms with Crippen LogP contribution in [0.3, 0.4) is 0 Å². The molecule has 5 nitrogen and oxygen atoms in total. The lowest BCUT2D eigenvalue weighted by Crippen LogP contribution is -2.38. The molecule has 0 bridgehead atoms. The molecule has 0 spiro atoms. The van der Waals surface area contributed by atoms with E-state index in [0.717, 1.165) is 23.2 Å². The molecule has 1 aliphatic carbocycles. The highest BCUT2D eigenvalue weighted by Crippen LogP contribution is 2.30. The van der Waals surface area contributed by atoms with Crippen molar-refractivity contribution in [2.45, 2.75) is 44.0 Å². The molecule has 1 saturated carbocycles. The molecule has 1 N–H and O–H groups in total. The fourth-order valence-electron chi connectivity index (χ4n) is 3.09. The largest absolute Gasteiger partial charge is 0.474 e. The van der Waals surface area contributed by atoms with Crippen LogP contribution in [0.5, 0.6) is 5.88 Å².